The van der Waals surface area contributed by atoms with Crippen LogP contribution in [0.5, 0.6) is 0 Å². The van der Waals surface area contributed by atoms with Crippen LogP contribution < -0.4 is 5.73 Å². The zero-order valence-electron chi connectivity index (χ0n) is 10.1. The molecule has 0 saturated carbocycles. The Morgan fingerprint density at radius 2 is 2.17 bits per heavy atom. The van der Waals surface area contributed by atoms with Crippen LogP contribution in [-0.2, 0) is 20.1 Å². The third-order valence-corrected chi connectivity index (χ3v) is 2.49. The Kier molecular flexibility index (Phi) is 3.12. The summed E-state index contributed by atoms with van der Waals surface area (Å²) in [5.41, 5.74) is 7.17. The molecule has 0 spiro atoms. The van der Waals surface area contributed by atoms with Crippen LogP contribution in [0.4, 0.5) is 8.78 Å². The van der Waals surface area contributed by atoms with E-state index in [0.717, 1.165) is 6.92 Å². The predicted octanol–water partition coefficient (Wildman–Crippen LogP) is 0.792. The van der Waals surface area contributed by atoms with E-state index in [2.05, 4.69) is 15.4 Å². The smallest absolute Gasteiger partial charge is 0.264 e. The molecule has 0 aromatic carbocycles. The normalized spacial score (nSPS) is 12.1. The van der Waals surface area contributed by atoms with Gasteiger partial charge in [0.05, 0.1) is 5.69 Å². The Morgan fingerprint density at radius 1 is 1.44 bits per heavy atom. The van der Waals surface area contributed by atoms with Crippen molar-refractivity contribution in [3.63, 3.8) is 0 Å². The average molecular weight is 256 g/mol. The summed E-state index contributed by atoms with van der Waals surface area (Å²) < 4.78 is 28.9. The summed E-state index contributed by atoms with van der Waals surface area (Å²) in [6.45, 7) is 0.431. The van der Waals surface area contributed by atoms with Crippen molar-refractivity contribution in [2.45, 2.75) is 25.9 Å². The van der Waals surface area contributed by atoms with Crippen LogP contribution in [-0.4, -0.2) is 30.7 Å². The molecule has 0 radical (unpaired) electrons. The summed E-state index contributed by atoms with van der Waals surface area (Å²) in [6.07, 6.45) is 1.58. The predicted molar refractivity (Wildman–Crippen MR) is 60.7 cm³/mol. The minimum atomic E-state index is -2.87. The van der Waals surface area contributed by atoms with Crippen molar-refractivity contribution in [2.75, 3.05) is 0 Å². The van der Waals surface area contributed by atoms with E-state index < -0.39 is 12.5 Å². The molecule has 0 atom stereocenters. The lowest BCUT2D eigenvalue weighted by molar-refractivity contribution is 0.000535. The van der Waals surface area contributed by atoms with Crippen LogP contribution in [0.1, 0.15) is 12.6 Å². The third-order valence-electron chi connectivity index (χ3n) is 2.49. The first kappa shape index (κ1) is 12.6. The van der Waals surface area contributed by atoms with Crippen molar-refractivity contribution in [1.29, 1.82) is 0 Å². The summed E-state index contributed by atoms with van der Waals surface area (Å²) in [5, 5.41) is 11.6. The van der Waals surface area contributed by atoms with Gasteiger partial charge in [0.15, 0.2) is 0 Å². The van der Waals surface area contributed by atoms with Crippen molar-refractivity contribution in [2.24, 2.45) is 12.8 Å². The van der Waals surface area contributed by atoms with Gasteiger partial charge in [-0.05, 0) is 6.07 Å². The van der Waals surface area contributed by atoms with E-state index >= 15 is 0 Å². The van der Waals surface area contributed by atoms with Crippen molar-refractivity contribution in [3.8, 4) is 11.4 Å². The summed E-state index contributed by atoms with van der Waals surface area (Å²) in [4.78, 5) is 0. The fourth-order valence-electron chi connectivity index (χ4n) is 1.75. The summed E-state index contributed by atoms with van der Waals surface area (Å²) in [6, 6.07) is 1.71. The van der Waals surface area contributed by atoms with Crippen molar-refractivity contribution >= 4 is 0 Å². The molecule has 0 unspecified atom stereocenters. The second-order valence-electron chi connectivity index (χ2n) is 4.16. The molecule has 0 aliphatic heterocycles. The standard InChI is InChI=1S/C10H14F2N6/c1-10(11,12)6-18-9(7(5-13)15-16-18)8-3-4-14-17(8)2/h3-4H,5-6,13H2,1-2H3. The van der Waals surface area contributed by atoms with Gasteiger partial charge in [-0.3, -0.25) is 4.68 Å². The van der Waals surface area contributed by atoms with Gasteiger partial charge < -0.3 is 5.73 Å². The van der Waals surface area contributed by atoms with Crippen LogP contribution >= 0.6 is 0 Å². The first-order chi connectivity index (χ1) is 8.42. The van der Waals surface area contributed by atoms with Gasteiger partial charge in [-0.2, -0.15) is 5.10 Å². The van der Waals surface area contributed by atoms with E-state index in [1.807, 2.05) is 0 Å². The molecule has 2 aromatic rings. The van der Waals surface area contributed by atoms with E-state index in [-0.39, 0.29) is 6.54 Å². The van der Waals surface area contributed by atoms with Crippen molar-refractivity contribution in [3.05, 3.63) is 18.0 Å². The number of nitrogens with two attached hydrogens (primary N) is 1. The topological polar surface area (TPSA) is 74.6 Å². The van der Waals surface area contributed by atoms with Gasteiger partial charge in [-0.15, -0.1) is 5.10 Å². The van der Waals surface area contributed by atoms with Crippen LogP contribution in [0.3, 0.4) is 0 Å². The highest BCUT2D eigenvalue weighted by Gasteiger charge is 2.26. The Balaban J connectivity index is 2.50. The van der Waals surface area contributed by atoms with Crippen molar-refractivity contribution < 1.29 is 8.78 Å². The zero-order valence-corrected chi connectivity index (χ0v) is 10.1. The second kappa shape index (κ2) is 4.45. The highest BCUT2D eigenvalue weighted by Crippen LogP contribution is 2.24. The Labute approximate surface area is 102 Å². The molecule has 2 N–H and O–H groups in total. The number of hydrogen-bond donors (Lipinski definition) is 1. The highest BCUT2D eigenvalue weighted by atomic mass is 19.3. The molecule has 0 aliphatic carbocycles. The second-order valence-corrected chi connectivity index (χ2v) is 4.16. The van der Waals surface area contributed by atoms with Gasteiger partial charge in [0.2, 0.25) is 0 Å². The quantitative estimate of drug-likeness (QED) is 0.877. The molecule has 2 heterocycles. The lowest BCUT2D eigenvalue weighted by Gasteiger charge is -2.12. The number of hydrogen-bond acceptors (Lipinski definition) is 4. The monoisotopic (exact) mass is 256 g/mol. The molecule has 98 valence electrons. The molecule has 18 heavy (non-hydrogen) atoms. The van der Waals surface area contributed by atoms with E-state index in [1.165, 1.54) is 4.68 Å². The van der Waals surface area contributed by atoms with E-state index in [0.29, 0.717) is 17.1 Å². The summed E-state index contributed by atoms with van der Waals surface area (Å²) >= 11 is 0. The van der Waals surface area contributed by atoms with Gasteiger partial charge in [0.25, 0.3) is 5.92 Å². The first-order valence-corrected chi connectivity index (χ1v) is 5.41. The highest BCUT2D eigenvalue weighted by molar-refractivity contribution is 5.57. The maximum Gasteiger partial charge on any atom is 0.264 e. The van der Waals surface area contributed by atoms with Gasteiger partial charge in [-0.1, -0.05) is 5.21 Å². The van der Waals surface area contributed by atoms with E-state index in [4.69, 9.17) is 5.73 Å². The fourth-order valence-corrected chi connectivity index (χ4v) is 1.75. The molecule has 8 heteroatoms. The molecule has 0 aliphatic rings. The van der Waals surface area contributed by atoms with E-state index in [9.17, 15) is 8.78 Å². The lowest BCUT2D eigenvalue weighted by atomic mass is 10.2. The molecule has 6 nitrogen and oxygen atoms in total. The Bertz CT molecular complexity index is 539. The molecule has 0 amide bonds. The van der Waals surface area contributed by atoms with Gasteiger partial charge in [0, 0.05) is 26.7 Å². The SMILES string of the molecule is Cn1nccc1-c1c(CN)nnn1CC(C)(F)F. The van der Waals surface area contributed by atoms with Crippen LogP contribution in [0, 0.1) is 0 Å². The van der Waals surface area contributed by atoms with Gasteiger partial charge in [0.1, 0.15) is 17.9 Å². The summed E-state index contributed by atoms with van der Waals surface area (Å²) in [5.74, 6) is -2.87. The first-order valence-electron chi connectivity index (χ1n) is 5.41. The van der Waals surface area contributed by atoms with Gasteiger partial charge in [-0.25, -0.2) is 13.5 Å². The zero-order chi connectivity index (χ0) is 13.3. The largest absolute Gasteiger partial charge is 0.325 e. The molecule has 2 aromatic heterocycles. The number of alkyl halides is 2. The minimum absolute atomic E-state index is 0.135. The molecular formula is C10H14F2N6. The van der Waals surface area contributed by atoms with Crippen molar-refractivity contribution in [1.82, 2.24) is 24.8 Å². The van der Waals surface area contributed by atoms with E-state index in [1.54, 1.807) is 24.0 Å². The maximum atomic E-state index is 13.1. The molecule has 0 fully saturated rings. The minimum Gasteiger partial charge on any atom is -0.325 e. The summed E-state index contributed by atoms with van der Waals surface area (Å²) in [7, 11) is 1.72. The Hall–Kier alpha value is -1.83. The number of aryl methyl sites for hydroxylation is 1. The number of nitrogens with zero attached hydrogens (tertiary/aromatic N) is 5. The fraction of sp³-hybridized carbons (Fsp3) is 0.500. The Morgan fingerprint density at radius 3 is 2.67 bits per heavy atom. The number of aromatic nitrogens is 5. The maximum absolute atomic E-state index is 13.1. The molecule has 0 saturated heterocycles. The van der Waals surface area contributed by atoms with Crippen LogP contribution in [0.2, 0.25) is 0 Å². The van der Waals surface area contributed by atoms with Gasteiger partial charge >= 0.3 is 0 Å². The average Bonchev–Trinajstić information content (AvgIpc) is 2.82. The molecule has 2 rings (SSSR count). The van der Waals surface area contributed by atoms with Crippen LogP contribution in [0.25, 0.3) is 11.4 Å². The van der Waals surface area contributed by atoms with Crippen LogP contribution in [0.15, 0.2) is 12.3 Å². The number of halogens is 2. The third kappa shape index (κ3) is 2.37. The molecular weight excluding hydrogens is 242 g/mol. The molecule has 0 bridgehead atoms. The lowest BCUT2D eigenvalue weighted by Crippen LogP contribution is -2.21. The number of rotatable bonds is 4.